The summed E-state index contributed by atoms with van der Waals surface area (Å²) in [6.07, 6.45) is 9.69. The number of benzene rings is 3. The molecular formula is C39H47Cl2NORu. The van der Waals surface area contributed by atoms with Gasteiger partial charge in [0.1, 0.15) is 0 Å². The Labute approximate surface area is 275 Å². The quantitative estimate of drug-likeness (QED) is 0.193. The van der Waals surface area contributed by atoms with Crippen molar-refractivity contribution in [2.24, 2.45) is 5.92 Å². The standard InChI is InChI=1S/C29H35N.C10H12O.2ClH.Ru/c1-20-17-21(2)27(22(3)18-20)30-19-29(24-12-7-6-8-13-24)25-14-10-9-11-23(25)15-16-26(29)28(30,4)5;1-8(2)11-10-7-5-4-6-9(10)3;;;/h9-11,14,16-18,24H,6-8,12-13,15H2,1-5H3;3-8H,1-2H3;2*1H;/q;;;;+2/p-2/t29-;;;;/m1..../s1. The number of allylic oxidation sites excluding steroid dienone is 1. The van der Waals surface area contributed by atoms with E-state index >= 15 is 0 Å². The van der Waals surface area contributed by atoms with Crippen LogP contribution in [0.15, 0.2) is 72.3 Å². The predicted molar refractivity (Wildman–Crippen MR) is 188 cm³/mol. The van der Waals surface area contributed by atoms with Crippen molar-refractivity contribution in [3.8, 4) is 5.75 Å². The van der Waals surface area contributed by atoms with Crippen LogP contribution >= 0.6 is 19.4 Å². The molecule has 0 unspecified atom stereocenters. The van der Waals surface area contributed by atoms with Gasteiger partial charge in [-0.15, -0.1) is 0 Å². The van der Waals surface area contributed by atoms with E-state index in [0.29, 0.717) is 5.92 Å². The van der Waals surface area contributed by atoms with Crippen molar-refractivity contribution in [2.45, 2.75) is 104 Å². The van der Waals surface area contributed by atoms with Crippen molar-refractivity contribution < 1.29 is 16.6 Å². The molecular weight excluding hydrogens is 670 g/mol. The third-order valence-electron chi connectivity index (χ3n) is 9.94. The molecule has 0 aromatic heterocycles. The Hall–Kier alpha value is -2.06. The van der Waals surface area contributed by atoms with Crippen LogP contribution in [-0.2, 0) is 23.7 Å². The van der Waals surface area contributed by atoms with Gasteiger partial charge in [-0.05, 0) is 0 Å². The first-order valence-electron chi connectivity index (χ1n) is 16.2. The van der Waals surface area contributed by atoms with Crippen LogP contribution in [0.5, 0.6) is 5.75 Å². The van der Waals surface area contributed by atoms with E-state index in [-0.39, 0.29) is 17.1 Å². The number of rotatable bonds is 5. The molecule has 0 amide bonds. The Morgan fingerprint density at radius 3 is 2.23 bits per heavy atom. The van der Waals surface area contributed by atoms with Crippen molar-refractivity contribution >= 4 is 33.9 Å². The molecule has 1 saturated heterocycles. The van der Waals surface area contributed by atoms with Gasteiger partial charge in [-0.3, -0.25) is 0 Å². The van der Waals surface area contributed by atoms with Crippen molar-refractivity contribution in [3.63, 3.8) is 0 Å². The van der Waals surface area contributed by atoms with Gasteiger partial charge in [-0.2, -0.15) is 0 Å². The maximum atomic E-state index is 8.11. The first-order valence-corrected chi connectivity index (χ1v) is 22.5. The number of para-hydroxylation sites is 1. The van der Waals surface area contributed by atoms with Crippen LogP contribution < -0.4 is 9.64 Å². The molecule has 2 nitrogen and oxygen atoms in total. The van der Waals surface area contributed by atoms with Gasteiger partial charge in [0.05, 0.1) is 0 Å². The summed E-state index contributed by atoms with van der Waals surface area (Å²) in [6, 6.07) is 22.0. The van der Waals surface area contributed by atoms with Gasteiger partial charge in [-0.25, -0.2) is 0 Å². The number of nitrogens with zero attached hydrogens (tertiary/aromatic N) is 1. The van der Waals surface area contributed by atoms with Gasteiger partial charge < -0.3 is 0 Å². The Morgan fingerprint density at radius 1 is 0.909 bits per heavy atom. The second-order valence-corrected chi connectivity index (χ2v) is 23.1. The second kappa shape index (κ2) is 11.9. The van der Waals surface area contributed by atoms with Crippen LogP contribution in [0.2, 0.25) is 0 Å². The fourth-order valence-corrected chi connectivity index (χ4v) is 15.7. The summed E-state index contributed by atoms with van der Waals surface area (Å²) in [5, 5.41) is 0. The molecule has 0 radical (unpaired) electrons. The fourth-order valence-electron chi connectivity index (χ4n) is 8.53. The van der Waals surface area contributed by atoms with Gasteiger partial charge in [0.15, 0.2) is 0 Å². The zero-order chi connectivity index (χ0) is 31.4. The van der Waals surface area contributed by atoms with E-state index < -0.39 is 11.9 Å². The first-order chi connectivity index (χ1) is 20.9. The van der Waals surface area contributed by atoms with Gasteiger partial charge in [0.2, 0.25) is 0 Å². The van der Waals surface area contributed by atoms with Gasteiger partial charge >= 0.3 is 277 Å². The molecule has 3 aliphatic rings. The number of hydrogen-bond donors (Lipinski definition) is 0. The molecule has 6 rings (SSSR count). The van der Waals surface area contributed by atoms with Crippen LogP contribution in [0.1, 0.15) is 93.2 Å². The molecule has 3 aromatic rings. The molecule has 2 aliphatic carbocycles. The van der Waals surface area contributed by atoms with Crippen molar-refractivity contribution in [1.29, 1.82) is 0 Å². The molecule has 44 heavy (non-hydrogen) atoms. The van der Waals surface area contributed by atoms with Crippen LogP contribution in [0, 0.1) is 26.7 Å². The van der Waals surface area contributed by atoms with E-state index in [1.165, 1.54) is 75.4 Å². The fraction of sp³-hybridized carbons (Fsp3) is 0.436. The van der Waals surface area contributed by atoms with E-state index in [1.54, 1.807) is 0 Å². The van der Waals surface area contributed by atoms with E-state index in [2.05, 4.69) is 113 Å². The third kappa shape index (κ3) is 5.20. The molecule has 1 atom stereocenters. The van der Waals surface area contributed by atoms with E-state index in [1.807, 2.05) is 12.1 Å². The average Bonchev–Trinajstić information content (AvgIpc) is 3.19. The number of anilines is 1. The number of halogens is 2. The first kappa shape index (κ1) is 31.9. The summed E-state index contributed by atoms with van der Waals surface area (Å²) < 4.78 is 9.77. The number of hydrogen-bond acceptors (Lipinski definition) is 2. The summed E-state index contributed by atoms with van der Waals surface area (Å²) >= 11 is -3.84. The van der Waals surface area contributed by atoms with E-state index in [9.17, 15) is 0 Å². The summed E-state index contributed by atoms with van der Waals surface area (Å²) in [5.74, 6) is 1.27. The molecule has 1 saturated carbocycles. The van der Waals surface area contributed by atoms with Crippen LogP contribution in [0.25, 0.3) is 0 Å². The number of fused-ring (bicyclic) bond motifs is 3. The molecule has 0 spiro atoms. The molecule has 5 heteroatoms. The molecule has 1 heterocycles. The average molecular weight is 718 g/mol. The summed E-state index contributed by atoms with van der Waals surface area (Å²) in [4.78, 5) is 2.63. The third-order valence-corrected chi connectivity index (χ3v) is 15.7. The Kier molecular flexibility index (Phi) is 8.66. The van der Waals surface area contributed by atoms with Crippen molar-refractivity contribution in [1.82, 2.24) is 0 Å². The molecule has 1 aliphatic heterocycles. The minimum atomic E-state index is -3.84. The zero-order valence-electron chi connectivity index (χ0n) is 27.3. The summed E-state index contributed by atoms with van der Waals surface area (Å²) in [7, 11) is 16.2. The monoisotopic (exact) mass is 717 g/mol. The summed E-state index contributed by atoms with van der Waals surface area (Å²) in [6.45, 7) is 15.7. The molecule has 0 bridgehead atoms. The number of aryl methyl sites for hydroxylation is 3. The van der Waals surface area contributed by atoms with Crippen LogP contribution in [0.4, 0.5) is 5.69 Å². The topological polar surface area (TPSA) is 12.5 Å². The SMILES string of the molecule is Cc1cc(C)c(N2[C](=[Ru]([Cl])([Cl])=[CH]c3ccccc3OC(C)C)[C@]3(C4CCCCC4)C(=CCc4ccccc43)C2(C)C)c(C)c1. The predicted octanol–water partition coefficient (Wildman–Crippen LogP) is 10.4. The van der Waals surface area contributed by atoms with Crippen molar-refractivity contribution in [3.05, 3.63) is 106 Å². The maximum absolute atomic E-state index is 8.11. The van der Waals surface area contributed by atoms with Crippen LogP contribution in [-0.4, -0.2) is 20.5 Å². The zero-order valence-corrected chi connectivity index (χ0v) is 30.5. The molecule has 3 aromatic carbocycles. The van der Waals surface area contributed by atoms with Gasteiger partial charge in [0.25, 0.3) is 0 Å². The van der Waals surface area contributed by atoms with E-state index in [0.717, 1.165) is 17.7 Å². The Bertz CT molecular complexity index is 1720. The molecule has 236 valence electrons. The normalized spacial score (nSPS) is 22.0. The molecule has 0 N–H and O–H groups in total. The minimum absolute atomic E-state index is 0.0516. The second-order valence-electron chi connectivity index (χ2n) is 13.8. The van der Waals surface area contributed by atoms with Gasteiger partial charge in [0, 0.05) is 0 Å². The molecule has 2 fully saturated rings. The van der Waals surface area contributed by atoms with E-state index in [4.69, 9.17) is 24.1 Å². The Balaban J connectivity index is 1.81. The Morgan fingerprint density at radius 2 is 1.55 bits per heavy atom. The summed E-state index contributed by atoms with van der Waals surface area (Å²) in [5.41, 5.74) is 9.69. The van der Waals surface area contributed by atoms with Gasteiger partial charge in [-0.1, -0.05) is 0 Å². The van der Waals surface area contributed by atoms with Crippen molar-refractivity contribution in [2.75, 3.05) is 4.90 Å². The number of ether oxygens (including phenoxy) is 1. The van der Waals surface area contributed by atoms with Crippen LogP contribution in [0.3, 0.4) is 0 Å².